The van der Waals surface area contributed by atoms with E-state index in [9.17, 15) is 0 Å². The van der Waals surface area contributed by atoms with Gasteiger partial charge in [0.15, 0.2) is 0 Å². The Morgan fingerprint density at radius 1 is 1.19 bits per heavy atom. The number of aromatic nitrogens is 3. The molecule has 2 fully saturated rings. The second-order valence-electron chi connectivity index (χ2n) is 9.19. The molecule has 1 spiro atoms. The first-order valence-corrected chi connectivity index (χ1v) is 11.6. The maximum atomic E-state index is 5.54. The standard InChI is InChI=1S/C23H30N8/c1-2-18-30-23-11-14-12-27-22(28-17-8-7-15(13-26-17)25-10-9-24)29-20(14)19(23)21(23)31(18)16-5-3-4-6-16/h7-8,12-13,16,19,21,25H,2-6,9-11,24H2,1H3,(H,26,27,28,29). The summed E-state index contributed by atoms with van der Waals surface area (Å²) in [5.41, 5.74) is 8.96. The van der Waals surface area contributed by atoms with Crippen LogP contribution in [0.25, 0.3) is 0 Å². The summed E-state index contributed by atoms with van der Waals surface area (Å²) in [6.07, 6.45) is 11.1. The van der Waals surface area contributed by atoms with Gasteiger partial charge in [0.1, 0.15) is 11.7 Å². The van der Waals surface area contributed by atoms with Crippen LogP contribution in [0.1, 0.15) is 56.2 Å². The van der Waals surface area contributed by atoms with Crippen LogP contribution < -0.4 is 16.4 Å². The van der Waals surface area contributed by atoms with E-state index in [-0.39, 0.29) is 5.54 Å². The van der Waals surface area contributed by atoms with Gasteiger partial charge in [-0.05, 0) is 30.5 Å². The highest BCUT2D eigenvalue weighted by atomic mass is 15.4. The summed E-state index contributed by atoms with van der Waals surface area (Å²) in [6, 6.07) is 5.10. The van der Waals surface area contributed by atoms with Gasteiger partial charge in [0.25, 0.3) is 0 Å². The third-order valence-corrected chi connectivity index (χ3v) is 7.37. The molecular weight excluding hydrogens is 388 g/mol. The third kappa shape index (κ3) is 2.91. The number of nitrogens with zero attached hydrogens (tertiary/aromatic N) is 5. The van der Waals surface area contributed by atoms with Crippen molar-refractivity contribution < 1.29 is 0 Å². The Labute approximate surface area is 182 Å². The summed E-state index contributed by atoms with van der Waals surface area (Å²) in [7, 11) is 0. The first kappa shape index (κ1) is 19.0. The lowest BCUT2D eigenvalue weighted by atomic mass is 10.1. The van der Waals surface area contributed by atoms with Crippen LogP contribution >= 0.6 is 0 Å². The predicted molar refractivity (Wildman–Crippen MR) is 122 cm³/mol. The highest BCUT2D eigenvalue weighted by Crippen LogP contribution is 2.67. The van der Waals surface area contributed by atoms with Crippen LogP contribution in [0.3, 0.4) is 0 Å². The molecule has 2 saturated carbocycles. The average molecular weight is 419 g/mol. The van der Waals surface area contributed by atoms with E-state index in [1.165, 1.54) is 42.8 Å². The van der Waals surface area contributed by atoms with Gasteiger partial charge >= 0.3 is 0 Å². The smallest absolute Gasteiger partial charge is 0.228 e. The van der Waals surface area contributed by atoms with Crippen molar-refractivity contribution in [3.05, 3.63) is 35.8 Å². The van der Waals surface area contributed by atoms with Gasteiger partial charge in [-0.25, -0.2) is 15.0 Å². The van der Waals surface area contributed by atoms with Crippen molar-refractivity contribution in [1.82, 2.24) is 19.9 Å². The summed E-state index contributed by atoms with van der Waals surface area (Å²) in [4.78, 5) is 21.9. The van der Waals surface area contributed by atoms with Gasteiger partial charge in [-0.15, -0.1) is 0 Å². The molecule has 3 aliphatic carbocycles. The molecular formula is C23H30N8. The van der Waals surface area contributed by atoms with Crippen LogP contribution in [0.15, 0.2) is 29.5 Å². The van der Waals surface area contributed by atoms with Gasteiger partial charge in [-0.1, -0.05) is 19.8 Å². The molecule has 0 radical (unpaired) electrons. The fourth-order valence-electron chi connectivity index (χ4n) is 6.02. The number of fused-ring (bicyclic) bond motifs is 3. The van der Waals surface area contributed by atoms with E-state index in [2.05, 4.69) is 32.4 Å². The molecule has 162 valence electrons. The molecule has 0 amide bonds. The van der Waals surface area contributed by atoms with E-state index < -0.39 is 0 Å². The highest BCUT2D eigenvalue weighted by molar-refractivity contribution is 5.89. The molecule has 2 aromatic heterocycles. The van der Waals surface area contributed by atoms with Crippen LogP contribution in [-0.2, 0) is 6.42 Å². The lowest BCUT2D eigenvalue weighted by molar-refractivity contribution is 0.296. The molecule has 0 saturated heterocycles. The van der Waals surface area contributed by atoms with Gasteiger partial charge in [-0.3, -0.25) is 4.99 Å². The summed E-state index contributed by atoms with van der Waals surface area (Å²) in [5.74, 6) is 3.08. The lowest BCUT2D eigenvalue weighted by Crippen LogP contribution is -2.40. The summed E-state index contributed by atoms with van der Waals surface area (Å²) < 4.78 is 0. The minimum absolute atomic E-state index is 0.0259. The highest BCUT2D eigenvalue weighted by Gasteiger charge is 2.76. The molecule has 0 bridgehead atoms. The second-order valence-corrected chi connectivity index (χ2v) is 9.19. The van der Waals surface area contributed by atoms with E-state index in [1.807, 2.05) is 18.3 Å². The van der Waals surface area contributed by atoms with E-state index in [0.717, 1.165) is 30.9 Å². The summed E-state index contributed by atoms with van der Waals surface area (Å²) >= 11 is 0. The number of pyridine rings is 1. The Balaban J connectivity index is 1.22. The molecule has 3 atom stereocenters. The van der Waals surface area contributed by atoms with Crippen molar-refractivity contribution in [2.75, 3.05) is 23.7 Å². The van der Waals surface area contributed by atoms with Crippen LogP contribution in [0, 0.1) is 0 Å². The zero-order chi connectivity index (χ0) is 21.0. The van der Waals surface area contributed by atoms with Crippen LogP contribution in [0.2, 0.25) is 0 Å². The molecule has 3 unspecified atom stereocenters. The molecule has 0 aromatic carbocycles. The molecule has 2 aromatic rings. The zero-order valence-corrected chi connectivity index (χ0v) is 18.0. The maximum Gasteiger partial charge on any atom is 0.228 e. The van der Waals surface area contributed by atoms with Gasteiger partial charge < -0.3 is 21.3 Å². The van der Waals surface area contributed by atoms with Crippen molar-refractivity contribution in [1.29, 1.82) is 0 Å². The van der Waals surface area contributed by atoms with E-state index in [4.69, 9.17) is 15.7 Å². The molecule has 8 nitrogen and oxygen atoms in total. The molecule has 3 heterocycles. The van der Waals surface area contributed by atoms with Gasteiger partial charge in [0.2, 0.25) is 5.95 Å². The number of hydrogen-bond donors (Lipinski definition) is 3. The molecule has 4 N–H and O–H groups in total. The normalized spacial score (nSPS) is 28.2. The molecule has 4 aliphatic rings. The third-order valence-electron chi connectivity index (χ3n) is 7.37. The number of nitrogens with one attached hydrogen (secondary N) is 2. The first-order valence-electron chi connectivity index (χ1n) is 11.6. The second kappa shape index (κ2) is 7.15. The quantitative estimate of drug-likeness (QED) is 0.635. The summed E-state index contributed by atoms with van der Waals surface area (Å²) in [5, 5.41) is 6.49. The number of aliphatic imine (C=N–C) groups is 1. The lowest BCUT2D eigenvalue weighted by Gasteiger charge is -2.30. The minimum atomic E-state index is 0.0259. The monoisotopic (exact) mass is 418 g/mol. The largest absolute Gasteiger partial charge is 0.383 e. The average Bonchev–Trinajstić information content (AvgIpc) is 3.22. The Bertz CT molecular complexity index is 1010. The van der Waals surface area contributed by atoms with Crippen LogP contribution in [-0.4, -0.2) is 56.4 Å². The van der Waals surface area contributed by atoms with Crippen molar-refractivity contribution >= 4 is 23.3 Å². The zero-order valence-electron chi connectivity index (χ0n) is 18.0. The molecule has 8 heteroatoms. The topological polar surface area (TPSA) is 104 Å². The fraction of sp³-hybridized carbons (Fsp3) is 0.565. The fourth-order valence-corrected chi connectivity index (χ4v) is 6.02. The van der Waals surface area contributed by atoms with Crippen molar-refractivity contribution in [3.63, 3.8) is 0 Å². The number of amidine groups is 1. The number of rotatable bonds is 7. The van der Waals surface area contributed by atoms with E-state index in [0.29, 0.717) is 30.5 Å². The van der Waals surface area contributed by atoms with Crippen LogP contribution in [0.4, 0.5) is 17.5 Å². The minimum Gasteiger partial charge on any atom is -0.383 e. The van der Waals surface area contributed by atoms with Gasteiger partial charge in [-0.2, -0.15) is 0 Å². The van der Waals surface area contributed by atoms with Gasteiger partial charge in [0, 0.05) is 38.2 Å². The number of hydrogen-bond acceptors (Lipinski definition) is 8. The Kier molecular flexibility index (Phi) is 4.38. The molecule has 6 rings (SSSR count). The van der Waals surface area contributed by atoms with E-state index in [1.54, 1.807) is 6.20 Å². The maximum absolute atomic E-state index is 5.54. The van der Waals surface area contributed by atoms with Gasteiger partial charge in [0.05, 0.1) is 35.1 Å². The molecule has 31 heavy (non-hydrogen) atoms. The Hall–Kier alpha value is -2.74. The van der Waals surface area contributed by atoms with Crippen molar-refractivity contribution in [2.24, 2.45) is 10.7 Å². The SMILES string of the molecule is CCC1=NC23Cc4cnc(Nc5ccc(NCCN)cn5)nc4C2C3N1C1CCCC1. The van der Waals surface area contributed by atoms with Crippen molar-refractivity contribution in [2.45, 2.75) is 69.0 Å². The van der Waals surface area contributed by atoms with Crippen LogP contribution in [0.5, 0.6) is 0 Å². The van der Waals surface area contributed by atoms with Crippen molar-refractivity contribution in [3.8, 4) is 0 Å². The Morgan fingerprint density at radius 3 is 2.81 bits per heavy atom. The first-order chi connectivity index (χ1) is 15.2. The number of anilines is 3. The summed E-state index contributed by atoms with van der Waals surface area (Å²) in [6.45, 7) is 3.56. The predicted octanol–water partition coefficient (Wildman–Crippen LogP) is 2.81. The van der Waals surface area contributed by atoms with E-state index >= 15 is 0 Å². The number of nitrogens with two attached hydrogens (primary N) is 1. The Morgan fingerprint density at radius 2 is 2.06 bits per heavy atom. The molecule has 1 aliphatic heterocycles.